The first kappa shape index (κ1) is 19.8. The third-order valence-corrected chi connectivity index (χ3v) is 3.94. The number of nitrogens with zero attached hydrogens (tertiary/aromatic N) is 4. The van der Waals surface area contributed by atoms with Crippen LogP contribution in [0.5, 0.6) is 0 Å². The van der Waals surface area contributed by atoms with Crippen molar-refractivity contribution >= 4 is 11.7 Å². The number of nitrogens with one attached hydrogen (secondary N) is 1. The Morgan fingerprint density at radius 2 is 1.79 bits per heavy atom. The number of rotatable bonds is 4. The molecule has 0 saturated carbocycles. The van der Waals surface area contributed by atoms with Crippen molar-refractivity contribution < 1.29 is 31.1 Å². The summed E-state index contributed by atoms with van der Waals surface area (Å²) in [6, 6.07) is 2.32. The zero-order chi connectivity index (χ0) is 20.5. The molecule has 150 valence electrons. The standard InChI is InChI=1S/C16H13F6N5O/c17-15(18,19)8-27-6-3-10(14(27)28)24-12-7-11(16(20,21)22)25-13(26-12)9-1-4-23-5-2-9/h1-2,4-5,7,10H,3,6,8H2,(H,24,25,26). The maximum atomic E-state index is 13.2. The van der Waals surface area contributed by atoms with Gasteiger partial charge in [-0.25, -0.2) is 9.97 Å². The molecule has 1 N–H and O–H groups in total. The molecule has 2 aromatic heterocycles. The number of hydrogen-bond donors (Lipinski definition) is 1. The zero-order valence-corrected chi connectivity index (χ0v) is 14.1. The van der Waals surface area contributed by atoms with Crippen molar-refractivity contribution in [3.05, 3.63) is 36.3 Å². The van der Waals surface area contributed by atoms with Crippen molar-refractivity contribution in [1.82, 2.24) is 19.9 Å². The van der Waals surface area contributed by atoms with E-state index in [-0.39, 0.29) is 30.2 Å². The molecule has 0 radical (unpaired) electrons. The van der Waals surface area contributed by atoms with Crippen LogP contribution in [-0.4, -0.2) is 51.1 Å². The minimum Gasteiger partial charge on any atom is -0.358 e. The maximum absolute atomic E-state index is 13.2. The Bertz CT molecular complexity index is 855. The lowest BCUT2D eigenvalue weighted by Gasteiger charge is -2.19. The molecule has 0 aromatic carbocycles. The van der Waals surface area contributed by atoms with Gasteiger partial charge in [0, 0.05) is 30.6 Å². The van der Waals surface area contributed by atoms with E-state index in [1.54, 1.807) is 0 Å². The third kappa shape index (κ3) is 4.67. The minimum absolute atomic E-state index is 0.00482. The molecular weight excluding hydrogens is 392 g/mol. The van der Waals surface area contributed by atoms with Crippen molar-refractivity contribution in [3.63, 3.8) is 0 Å². The third-order valence-electron chi connectivity index (χ3n) is 3.94. The van der Waals surface area contributed by atoms with Gasteiger partial charge in [0.1, 0.15) is 18.4 Å². The van der Waals surface area contributed by atoms with Crippen LogP contribution >= 0.6 is 0 Å². The highest BCUT2D eigenvalue weighted by Gasteiger charge is 2.40. The smallest absolute Gasteiger partial charge is 0.358 e. The lowest BCUT2D eigenvalue weighted by atomic mass is 10.2. The molecule has 12 heteroatoms. The van der Waals surface area contributed by atoms with E-state index in [0.29, 0.717) is 11.0 Å². The second-order valence-corrected chi connectivity index (χ2v) is 6.06. The molecule has 0 aliphatic carbocycles. The summed E-state index contributed by atoms with van der Waals surface area (Å²) in [5.74, 6) is -1.41. The monoisotopic (exact) mass is 405 g/mol. The van der Waals surface area contributed by atoms with Gasteiger partial charge in [-0.15, -0.1) is 0 Å². The number of alkyl halides is 6. The van der Waals surface area contributed by atoms with Gasteiger partial charge in [0.05, 0.1) is 0 Å². The number of amides is 1. The average molecular weight is 405 g/mol. The van der Waals surface area contributed by atoms with Crippen LogP contribution in [0, 0.1) is 0 Å². The van der Waals surface area contributed by atoms with Gasteiger partial charge in [-0.05, 0) is 18.6 Å². The van der Waals surface area contributed by atoms with Crippen molar-refractivity contribution in [2.45, 2.75) is 24.8 Å². The molecule has 1 aliphatic rings. The molecule has 2 aromatic rings. The number of carbonyl (C=O) groups excluding carboxylic acids is 1. The fourth-order valence-corrected chi connectivity index (χ4v) is 2.72. The number of likely N-dealkylation sites (tertiary alicyclic amines) is 1. The van der Waals surface area contributed by atoms with Crippen molar-refractivity contribution in [2.75, 3.05) is 18.4 Å². The van der Waals surface area contributed by atoms with E-state index in [9.17, 15) is 31.1 Å². The first-order valence-corrected chi connectivity index (χ1v) is 8.02. The van der Waals surface area contributed by atoms with Gasteiger partial charge in [-0.3, -0.25) is 9.78 Å². The molecule has 3 rings (SSSR count). The zero-order valence-electron chi connectivity index (χ0n) is 14.1. The minimum atomic E-state index is -4.77. The predicted octanol–water partition coefficient (Wildman–Crippen LogP) is 3.13. The molecule has 1 amide bonds. The highest BCUT2D eigenvalue weighted by atomic mass is 19.4. The predicted molar refractivity (Wildman–Crippen MR) is 84.9 cm³/mol. The number of carbonyl (C=O) groups is 1. The molecule has 28 heavy (non-hydrogen) atoms. The van der Waals surface area contributed by atoms with E-state index in [4.69, 9.17) is 0 Å². The summed E-state index contributed by atoms with van der Waals surface area (Å²) in [6.45, 7) is -1.58. The van der Waals surface area contributed by atoms with Crippen LogP contribution in [0.15, 0.2) is 30.6 Å². The normalized spacial score (nSPS) is 17.9. The molecule has 1 saturated heterocycles. The lowest BCUT2D eigenvalue weighted by Crippen LogP contribution is -2.39. The number of hydrogen-bond acceptors (Lipinski definition) is 5. The average Bonchev–Trinajstić information content (AvgIpc) is 2.93. The number of anilines is 1. The summed E-state index contributed by atoms with van der Waals surface area (Å²) >= 11 is 0. The Hall–Kier alpha value is -2.92. The van der Waals surface area contributed by atoms with E-state index in [0.717, 1.165) is 0 Å². The first-order chi connectivity index (χ1) is 13.0. The van der Waals surface area contributed by atoms with Gasteiger partial charge < -0.3 is 10.2 Å². The van der Waals surface area contributed by atoms with Crippen molar-refractivity contribution in [2.24, 2.45) is 0 Å². The van der Waals surface area contributed by atoms with E-state index in [1.807, 2.05) is 0 Å². The van der Waals surface area contributed by atoms with Gasteiger partial charge in [0.15, 0.2) is 11.5 Å². The van der Waals surface area contributed by atoms with Gasteiger partial charge in [-0.1, -0.05) is 0 Å². The quantitative estimate of drug-likeness (QED) is 0.792. The van der Waals surface area contributed by atoms with Gasteiger partial charge >= 0.3 is 12.4 Å². The molecule has 1 unspecified atom stereocenters. The summed E-state index contributed by atoms with van der Waals surface area (Å²) in [5.41, 5.74) is -0.977. The Morgan fingerprint density at radius 3 is 2.39 bits per heavy atom. The largest absolute Gasteiger partial charge is 0.433 e. The number of pyridine rings is 1. The van der Waals surface area contributed by atoms with Gasteiger partial charge in [-0.2, -0.15) is 26.3 Å². The Balaban J connectivity index is 1.87. The van der Waals surface area contributed by atoms with Crippen LogP contribution in [0.25, 0.3) is 11.4 Å². The second-order valence-electron chi connectivity index (χ2n) is 6.06. The second kappa shape index (κ2) is 7.24. The fourth-order valence-electron chi connectivity index (χ4n) is 2.72. The molecule has 1 atom stereocenters. The first-order valence-electron chi connectivity index (χ1n) is 8.02. The lowest BCUT2D eigenvalue weighted by molar-refractivity contribution is -0.157. The summed E-state index contributed by atoms with van der Waals surface area (Å²) in [6.07, 6.45) is -6.63. The summed E-state index contributed by atoms with van der Waals surface area (Å²) < 4.78 is 77.0. The molecule has 1 aliphatic heterocycles. The Labute approximate surface area is 154 Å². The van der Waals surface area contributed by atoms with Crippen LogP contribution in [0.2, 0.25) is 0 Å². The van der Waals surface area contributed by atoms with Crippen molar-refractivity contribution in [3.8, 4) is 11.4 Å². The summed E-state index contributed by atoms with van der Waals surface area (Å²) in [4.78, 5) is 23.9. The molecule has 3 heterocycles. The molecular formula is C16H13F6N5O. The van der Waals surface area contributed by atoms with Gasteiger partial charge in [0.2, 0.25) is 5.91 Å². The summed E-state index contributed by atoms with van der Waals surface area (Å²) in [7, 11) is 0. The highest BCUT2D eigenvalue weighted by molar-refractivity contribution is 5.86. The van der Waals surface area contributed by atoms with Crippen LogP contribution in [0.1, 0.15) is 12.1 Å². The number of halogens is 6. The number of aromatic nitrogens is 3. The molecule has 6 nitrogen and oxygen atoms in total. The van der Waals surface area contributed by atoms with Gasteiger partial charge in [0.25, 0.3) is 0 Å². The Kier molecular flexibility index (Phi) is 5.13. The van der Waals surface area contributed by atoms with Crippen LogP contribution < -0.4 is 5.32 Å². The van der Waals surface area contributed by atoms with E-state index in [1.165, 1.54) is 24.5 Å². The van der Waals surface area contributed by atoms with Crippen molar-refractivity contribution in [1.29, 1.82) is 0 Å². The molecule has 0 spiro atoms. The Morgan fingerprint density at radius 1 is 1.11 bits per heavy atom. The SMILES string of the molecule is O=C1C(Nc2cc(C(F)(F)F)nc(-c3ccncc3)n2)CCN1CC(F)(F)F. The maximum Gasteiger partial charge on any atom is 0.433 e. The topological polar surface area (TPSA) is 71.0 Å². The van der Waals surface area contributed by atoms with Crippen LogP contribution in [-0.2, 0) is 11.0 Å². The van der Waals surface area contributed by atoms with E-state index in [2.05, 4.69) is 20.3 Å². The molecule has 0 bridgehead atoms. The van der Waals surface area contributed by atoms with Crippen LogP contribution in [0.4, 0.5) is 32.2 Å². The van der Waals surface area contributed by atoms with E-state index >= 15 is 0 Å². The highest BCUT2D eigenvalue weighted by Crippen LogP contribution is 2.31. The molecule has 1 fully saturated rings. The summed E-state index contributed by atoms with van der Waals surface area (Å²) in [5, 5.41) is 2.50. The van der Waals surface area contributed by atoms with E-state index < -0.39 is 36.5 Å². The fraction of sp³-hybridized carbons (Fsp3) is 0.375. The van der Waals surface area contributed by atoms with Crippen LogP contribution in [0.3, 0.4) is 0 Å².